The highest BCUT2D eigenvalue weighted by molar-refractivity contribution is 6.39. The Morgan fingerprint density at radius 3 is 2.47 bits per heavy atom. The predicted octanol–water partition coefficient (Wildman–Crippen LogP) is 4.22. The Bertz CT molecular complexity index is 1320. The number of rotatable bonds is 6. The van der Waals surface area contributed by atoms with Crippen molar-refractivity contribution in [3.05, 3.63) is 95.1 Å². The molecule has 0 atom stereocenters. The van der Waals surface area contributed by atoms with E-state index in [0.717, 1.165) is 6.07 Å². The maximum absolute atomic E-state index is 13.8. The Labute approximate surface area is 193 Å². The number of carbonyl (C=O) groups is 3. The lowest BCUT2D eigenvalue weighted by Crippen LogP contribution is -2.54. The molecule has 1 N–H and O–H groups in total. The number of nitrogens with one attached hydrogen (secondary N) is 1. The van der Waals surface area contributed by atoms with Crippen LogP contribution in [0.15, 0.2) is 72.3 Å². The van der Waals surface area contributed by atoms with Gasteiger partial charge in [0, 0.05) is 5.56 Å². The number of barbiturate groups is 1. The molecule has 1 saturated heterocycles. The topological polar surface area (TPSA) is 84.9 Å². The largest absolute Gasteiger partial charge is 0.493 e. The highest BCUT2D eigenvalue weighted by Gasteiger charge is 2.37. The highest BCUT2D eigenvalue weighted by atomic mass is 19.1. The second kappa shape index (κ2) is 9.53. The Balaban J connectivity index is 1.60. The summed E-state index contributed by atoms with van der Waals surface area (Å²) < 4.78 is 38.4. The molecule has 4 rings (SSSR count). The molecular formula is C25H18F2N2O5. The van der Waals surface area contributed by atoms with E-state index in [2.05, 4.69) is 5.32 Å². The van der Waals surface area contributed by atoms with Crippen LogP contribution in [0.4, 0.5) is 19.3 Å². The first kappa shape index (κ1) is 22.7. The Hall–Kier alpha value is -4.53. The van der Waals surface area contributed by atoms with Crippen LogP contribution in [0.25, 0.3) is 6.08 Å². The van der Waals surface area contributed by atoms with E-state index in [4.69, 9.17) is 9.47 Å². The van der Waals surface area contributed by atoms with Gasteiger partial charge in [-0.2, -0.15) is 0 Å². The number of carbonyl (C=O) groups excluding carboxylic acids is 3. The zero-order valence-corrected chi connectivity index (χ0v) is 17.9. The van der Waals surface area contributed by atoms with Crippen molar-refractivity contribution in [2.24, 2.45) is 0 Å². The first-order valence-corrected chi connectivity index (χ1v) is 10.1. The summed E-state index contributed by atoms with van der Waals surface area (Å²) in [5, 5.41) is 2.08. The van der Waals surface area contributed by atoms with Crippen molar-refractivity contribution >= 4 is 29.6 Å². The van der Waals surface area contributed by atoms with Gasteiger partial charge in [-0.25, -0.2) is 18.5 Å². The molecule has 1 fully saturated rings. The van der Waals surface area contributed by atoms with Gasteiger partial charge in [0.05, 0.1) is 12.8 Å². The first-order chi connectivity index (χ1) is 16.4. The lowest BCUT2D eigenvalue weighted by Gasteiger charge is -2.26. The number of hydrogen-bond acceptors (Lipinski definition) is 5. The second-order valence-corrected chi connectivity index (χ2v) is 7.23. The Morgan fingerprint density at radius 2 is 1.74 bits per heavy atom. The van der Waals surface area contributed by atoms with Crippen molar-refractivity contribution in [1.29, 1.82) is 0 Å². The molecule has 172 valence electrons. The summed E-state index contributed by atoms with van der Waals surface area (Å²) in [7, 11) is 1.41. The number of ether oxygens (including phenoxy) is 2. The van der Waals surface area contributed by atoms with Crippen LogP contribution in [0, 0.1) is 11.6 Å². The molecule has 3 aromatic carbocycles. The van der Waals surface area contributed by atoms with E-state index in [1.54, 1.807) is 30.3 Å². The summed E-state index contributed by atoms with van der Waals surface area (Å²) in [6.45, 7) is -0.0327. The van der Waals surface area contributed by atoms with Crippen molar-refractivity contribution in [1.82, 2.24) is 5.32 Å². The molecule has 34 heavy (non-hydrogen) atoms. The standard InChI is InChI=1S/C25H18F2N2O5/c1-33-22-12-15(9-10-21(22)34-14-16-5-2-3-8-20(16)27)11-19-23(30)28-25(32)29(24(19)31)18-7-4-6-17(26)13-18/h2-13H,14H2,1H3,(H,28,30,32)/b19-11+. The van der Waals surface area contributed by atoms with Gasteiger partial charge >= 0.3 is 6.03 Å². The Morgan fingerprint density at radius 1 is 0.941 bits per heavy atom. The molecule has 0 spiro atoms. The van der Waals surface area contributed by atoms with E-state index < -0.39 is 29.5 Å². The highest BCUT2D eigenvalue weighted by Crippen LogP contribution is 2.31. The molecule has 1 heterocycles. The van der Waals surface area contributed by atoms with Crippen molar-refractivity contribution in [2.75, 3.05) is 12.0 Å². The smallest absolute Gasteiger partial charge is 0.335 e. The van der Waals surface area contributed by atoms with E-state index in [1.165, 1.54) is 43.5 Å². The van der Waals surface area contributed by atoms with E-state index in [9.17, 15) is 23.2 Å². The van der Waals surface area contributed by atoms with Crippen molar-refractivity contribution in [3.63, 3.8) is 0 Å². The monoisotopic (exact) mass is 464 g/mol. The van der Waals surface area contributed by atoms with Gasteiger partial charge in [-0.1, -0.05) is 30.3 Å². The molecule has 1 aliphatic heterocycles. The zero-order valence-electron chi connectivity index (χ0n) is 17.9. The maximum atomic E-state index is 13.8. The molecule has 3 aromatic rings. The predicted molar refractivity (Wildman–Crippen MR) is 119 cm³/mol. The summed E-state index contributed by atoms with van der Waals surface area (Å²) >= 11 is 0. The fraction of sp³-hybridized carbons (Fsp3) is 0.0800. The lowest BCUT2D eigenvalue weighted by atomic mass is 10.1. The van der Waals surface area contributed by atoms with Gasteiger partial charge in [0.25, 0.3) is 11.8 Å². The molecule has 7 nitrogen and oxygen atoms in total. The third kappa shape index (κ3) is 4.63. The van der Waals surface area contributed by atoms with Crippen LogP contribution in [0.3, 0.4) is 0 Å². The average Bonchev–Trinajstić information content (AvgIpc) is 2.81. The number of anilines is 1. The van der Waals surface area contributed by atoms with E-state index in [-0.39, 0.29) is 23.6 Å². The van der Waals surface area contributed by atoms with Crippen LogP contribution in [0.1, 0.15) is 11.1 Å². The summed E-state index contributed by atoms with van der Waals surface area (Å²) in [5.74, 6) is -2.23. The minimum Gasteiger partial charge on any atom is -0.493 e. The molecule has 0 aromatic heterocycles. The van der Waals surface area contributed by atoms with Crippen LogP contribution in [-0.4, -0.2) is 25.0 Å². The molecule has 0 radical (unpaired) electrons. The molecule has 0 bridgehead atoms. The number of imide groups is 2. The number of nitrogens with zero attached hydrogens (tertiary/aromatic N) is 1. The van der Waals surface area contributed by atoms with E-state index >= 15 is 0 Å². The van der Waals surface area contributed by atoms with E-state index in [1.807, 2.05) is 0 Å². The van der Waals surface area contributed by atoms with Crippen LogP contribution in [0.5, 0.6) is 11.5 Å². The van der Waals surface area contributed by atoms with Crippen LogP contribution in [0.2, 0.25) is 0 Å². The van der Waals surface area contributed by atoms with Crippen molar-refractivity contribution < 1.29 is 32.6 Å². The van der Waals surface area contributed by atoms with Gasteiger partial charge in [-0.3, -0.25) is 14.9 Å². The van der Waals surface area contributed by atoms with Crippen molar-refractivity contribution in [2.45, 2.75) is 6.61 Å². The first-order valence-electron chi connectivity index (χ1n) is 10.1. The van der Waals surface area contributed by atoms with Gasteiger partial charge in [0.2, 0.25) is 0 Å². The van der Waals surface area contributed by atoms with Crippen molar-refractivity contribution in [3.8, 4) is 11.5 Å². The molecule has 9 heteroatoms. The molecular weight excluding hydrogens is 446 g/mol. The summed E-state index contributed by atoms with van der Waals surface area (Å²) in [6.07, 6.45) is 1.28. The normalized spacial score (nSPS) is 14.9. The number of methoxy groups -OCH3 is 1. The number of urea groups is 1. The molecule has 0 saturated carbocycles. The molecule has 0 unspecified atom stereocenters. The minimum atomic E-state index is -0.979. The quantitative estimate of drug-likeness (QED) is 0.436. The van der Waals surface area contributed by atoms with Gasteiger partial charge < -0.3 is 9.47 Å². The number of benzene rings is 3. The maximum Gasteiger partial charge on any atom is 0.335 e. The zero-order chi connectivity index (χ0) is 24.2. The number of amides is 4. The van der Waals surface area contributed by atoms with Gasteiger partial charge in [-0.05, 0) is 48.0 Å². The third-order valence-electron chi connectivity index (χ3n) is 5.01. The van der Waals surface area contributed by atoms with Gasteiger partial charge in [0.1, 0.15) is 23.8 Å². The van der Waals surface area contributed by atoms with Crippen LogP contribution in [-0.2, 0) is 16.2 Å². The fourth-order valence-corrected chi connectivity index (χ4v) is 3.34. The number of halogens is 2. The van der Waals surface area contributed by atoms with Crippen LogP contribution >= 0.6 is 0 Å². The minimum absolute atomic E-state index is 0.0182. The summed E-state index contributed by atoms with van der Waals surface area (Å²) in [6, 6.07) is 14.7. The summed E-state index contributed by atoms with van der Waals surface area (Å²) in [5.41, 5.74) is 0.422. The second-order valence-electron chi connectivity index (χ2n) is 7.23. The Kier molecular flexibility index (Phi) is 6.35. The van der Waals surface area contributed by atoms with Gasteiger partial charge in [0.15, 0.2) is 11.5 Å². The SMILES string of the molecule is COc1cc(/C=C2\C(=O)NC(=O)N(c3cccc(F)c3)C2=O)ccc1OCc1ccccc1F. The lowest BCUT2D eigenvalue weighted by molar-refractivity contribution is -0.122. The fourth-order valence-electron chi connectivity index (χ4n) is 3.34. The van der Waals surface area contributed by atoms with Gasteiger partial charge in [-0.15, -0.1) is 0 Å². The van der Waals surface area contributed by atoms with Crippen LogP contribution < -0.4 is 19.7 Å². The molecule has 4 amide bonds. The summed E-state index contributed by atoms with van der Waals surface area (Å²) in [4.78, 5) is 38.2. The molecule has 0 aliphatic carbocycles. The molecule has 1 aliphatic rings. The third-order valence-corrected chi connectivity index (χ3v) is 5.01. The number of hydrogen-bond donors (Lipinski definition) is 1. The van der Waals surface area contributed by atoms with E-state index in [0.29, 0.717) is 21.8 Å². The average molecular weight is 464 g/mol.